The molecule has 0 spiro atoms. The van der Waals surface area contributed by atoms with Crippen LogP contribution < -0.4 is 4.90 Å². The Labute approximate surface area is 294 Å². The quantitative estimate of drug-likeness (QED) is 0.179. The highest BCUT2D eigenvalue weighted by atomic mass is 16.4. The van der Waals surface area contributed by atoms with Crippen LogP contribution in [0.3, 0.4) is 0 Å². The molecule has 0 radical (unpaired) electrons. The second-order valence-corrected chi connectivity index (χ2v) is 12.8. The normalized spacial score (nSPS) is 11.5. The first-order valence-electron chi connectivity index (χ1n) is 17.1. The van der Waals surface area contributed by atoms with Crippen molar-refractivity contribution < 1.29 is 8.83 Å². The van der Waals surface area contributed by atoms with Crippen LogP contribution in [0.15, 0.2) is 191 Å². The zero-order chi connectivity index (χ0) is 33.7. The van der Waals surface area contributed by atoms with Gasteiger partial charge in [-0.15, -0.1) is 0 Å². The minimum atomic E-state index is 0.597. The molecular weight excluding hydrogens is 625 g/mol. The van der Waals surface area contributed by atoms with Crippen molar-refractivity contribution in [2.45, 2.75) is 0 Å². The van der Waals surface area contributed by atoms with E-state index in [1.807, 2.05) is 42.5 Å². The van der Waals surface area contributed by atoms with Crippen molar-refractivity contribution in [3.05, 3.63) is 182 Å². The first-order chi connectivity index (χ1) is 25.3. The summed E-state index contributed by atoms with van der Waals surface area (Å²) in [7, 11) is 0. The SMILES string of the molecule is c1ccc(-c2nc3c(ccc4oc5cc(N(c6ccc(-c7ccc8ccccc8c7)cc6)c6ccccc6-c6ccccc6)ccc5c43)o2)cc1. The van der Waals surface area contributed by atoms with Gasteiger partial charge in [0.25, 0.3) is 0 Å². The maximum absolute atomic E-state index is 6.56. The summed E-state index contributed by atoms with van der Waals surface area (Å²) in [6.07, 6.45) is 0. The zero-order valence-electron chi connectivity index (χ0n) is 27.5. The van der Waals surface area contributed by atoms with Crippen molar-refractivity contribution in [3.63, 3.8) is 0 Å². The highest BCUT2D eigenvalue weighted by Crippen LogP contribution is 2.44. The Balaban J connectivity index is 1.12. The highest BCUT2D eigenvalue weighted by Gasteiger charge is 2.21. The number of hydrogen-bond donors (Lipinski definition) is 0. The average molecular weight is 655 g/mol. The van der Waals surface area contributed by atoms with Gasteiger partial charge in [0.1, 0.15) is 16.7 Å². The third-order valence-corrected chi connectivity index (χ3v) is 9.69. The van der Waals surface area contributed by atoms with Crippen LogP contribution in [0.4, 0.5) is 17.1 Å². The van der Waals surface area contributed by atoms with E-state index in [2.05, 4.69) is 144 Å². The van der Waals surface area contributed by atoms with Crippen molar-refractivity contribution in [1.29, 1.82) is 0 Å². The topological polar surface area (TPSA) is 42.4 Å². The molecule has 0 saturated heterocycles. The van der Waals surface area contributed by atoms with Gasteiger partial charge in [0.05, 0.1) is 11.1 Å². The van der Waals surface area contributed by atoms with Gasteiger partial charge >= 0.3 is 0 Å². The van der Waals surface area contributed by atoms with Crippen LogP contribution in [0, 0.1) is 0 Å². The van der Waals surface area contributed by atoms with Gasteiger partial charge < -0.3 is 13.7 Å². The molecule has 0 unspecified atom stereocenters. The van der Waals surface area contributed by atoms with E-state index in [0.717, 1.165) is 66.8 Å². The number of nitrogens with zero attached hydrogens (tertiary/aromatic N) is 2. The molecule has 0 amide bonds. The summed E-state index contributed by atoms with van der Waals surface area (Å²) in [5.74, 6) is 0.597. The molecule has 8 aromatic carbocycles. The van der Waals surface area contributed by atoms with Crippen molar-refractivity contribution in [2.75, 3.05) is 4.90 Å². The van der Waals surface area contributed by atoms with Crippen LogP contribution in [-0.4, -0.2) is 4.98 Å². The Morgan fingerprint density at radius 1 is 0.412 bits per heavy atom. The third kappa shape index (κ3) is 5.04. The predicted octanol–water partition coefficient (Wildman–Crippen LogP) is 13.4. The molecule has 2 aromatic heterocycles. The molecule has 4 heteroatoms. The molecule has 0 aliphatic carbocycles. The summed E-state index contributed by atoms with van der Waals surface area (Å²) < 4.78 is 12.8. The molecule has 0 bridgehead atoms. The van der Waals surface area contributed by atoms with Crippen LogP contribution >= 0.6 is 0 Å². The zero-order valence-corrected chi connectivity index (χ0v) is 27.5. The van der Waals surface area contributed by atoms with E-state index < -0.39 is 0 Å². The van der Waals surface area contributed by atoms with E-state index in [4.69, 9.17) is 13.8 Å². The van der Waals surface area contributed by atoms with Gasteiger partial charge in [-0.3, -0.25) is 0 Å². The van der Waals surface area contributed by atoms with Crippen molar-refractivity contribution in [1.82, 2.24) is 4.98 Å². The Morgan fingerprint density at radius 2 is 1.08 bits per heavy atom. The van der Waals surface area contributed by atoms with Crippen LogP contribution in [0.25, 0.3) is 77.5 Å². The maximum atomic E-state index is 6.56. The van der Waals surface area contributed by atoms with E-state index >= 15 is 0 Å². The van der Waals surface area contributed by atoms with E-state index in [1.165, 1.54) is 21.9 Å². The second kappa shape index (κ2) is 11.9. The summed E-state index contributed by atoms with van der Waals surface area (Å²) in [6.45, 7) is 0. The average Bonchev–Trinajstić information content (AvgIpc) is 3.81. The van der Waals surface area contributed by atoms with Crippen LogP contribution in [0.5, 0.6) is 0 Å². The Kier molecular flexibility index (Phi) is 6.78. The lowest BCUT2D eigenvalue weighted by molar-refractivity contribution is 0.619. The molecule has 0 atom stereocenters. The number of benzene rings is 8. The van der Waals surface area contributed by atoms with Gasteiger partial charge in [0, 0.05) is 34.0 Å². The smallest absolute Gasteiger partial charge is 0.227 e. The van der Waals surface area contributed by atoms with Crippen LogP contribution in [-0.2, 0) is 0 Å². The molecule has 0 aliphatic rings. The number of hydrogen-bond acceptors (Lipinski definition) is 4. The monoisotopic (exact) mass is 654 g/mol. The summed E-state index contributed by atoms with van der Waals surface area (Å²) in [4.78, 5) is 7.26. The van der Waals surface area contributed by atoms with Crippen LogP contribution in [0.2, 0.25) is 0 Å². The minimum absolute atomic E-state index is 0.597. The van der Waals surface area contributed by atoms with Gasteiger partial charge in [0.15, 0.2) is 5.58 Å². The highest BCUT2D eigenvalue weighted by molar-refractivity contribution is 6.17. The van der Waals surface area contributed by atoms with E-state index in [0.29, 0.717) is 5.89 Å². The van der Waals surface area contributed by atoms with Gasteiger partial charge in [0.2, 0.25) is 5.89 Å². The number of anilines is 3. The summed E-state index contributed by atoms with van der Waals surface area (Å²) >= 11 is 0. The van der Waals surface area contributed by atoms with E-state index in [9.17, 15) is 0 Å². The molecule has 240 valence electrons. The van der Waals surface area contributed by atoms with Gasteiger partial charge in [-0.2, -0.15) is 0 Å². The minimum Gasteiger partial charge on any atom is -0.456 e. The molecule has 0 N–H and O–H groups in total. The largest absolute Gasteiger partial charge is 0.456 e. The lowest BCUT2D eigenvalue weighted by atomic mass is 9.99. The maximum Gasteiger partial charge on any atom is 0.227 e. The molecule has 0 fully saturated rings. The first-order valence-corrected chi connectivity index (χ1v) is 17.1. The molecule has 4 nitrogen and oxygen atoms in total. The molecule has 2 heterocycles. The Hall–Kier alpha value is -6.91. The first kappa shape index (κ1) is 29.0. The number of furan rings is 1. The number of fused-ring (bicyclic) bond motifs is 6. The molecule has 10 aromatic rings. The van der Waals surface area contributed by atoms with Gasteiger partial charge in [-0.25, -0.2) is 4.98 Å². The summed E-state index contributed by atoms with van der Waals surface area (Å²) in [6, 6.07) is 63.5. The molecule has 10 rings (SSSR count). The molecule has 0 aliphatic heterocycles. The van der Waals surface area contributed by atoms with Crippen molar-refractivity contribution in [2.24, 2.45) is 0 Å². The summed E-state index contributed by atoms with van der Waals surface area (Å²) in [5.41, 5.74) is 11.8. The fraction of sp³-hybridized carbons (Fsp3) is 0. The fourth-order valence-corrected chi connectivity index (χ4v) is 7.21. The fourth-order valence-electron chi connectivity index (χ4n) is 7.21. The molecule has 51 heavy (non-hydrogen) atoms. The van der Waals surface area contributed by atoms with Gasteiger partial charge in [-0.1, -0.05) is 115 Å². The number of para-hydroxylation sites is 1. The lowest BCUT2D eigenvalue weighted by Crippen LogP contribution is -2.11. The predicted molar refractivity (Wildman–Crippen MR) is 210 cm³/mol. The third-order valence-electron chi connectivity index (χ3n) is 9.69. The Bertz CT molecular complexity index is 2850. The standard InChI is InChI=1S/C47H30N2O2/c1-3-12-33(13-4-1)39-17-9-10-18-41(39)49(37-23-21-32(22-24-37)36-20-19-31-11-7-8-16-35(31)29-36)38-25-26-40-44(30-38)50-42-27-28-43-46(45(40)42)48-47(51-43)34-14-5-2-6-15-34/h1-30H. The van der Waals surface area contributed by atoms with Crippen LogP contribution in [0.1, 0.15) is 0 Å². The Morgan fingerprint density at radius 3 is 1.90 bits per heavy atom. The summed E-state index contributed by atoms with van der Waals surface area (Å²) in [5, 5.41) is 4.42. The lowest BCUT2D eigenvalue weighted by Gasteiger charge is -2.28. The number of aromatic nitrogens is 1. The van der Waals surface area contributed by atoms with Gasteiger partial charge in [-0.05, 0) is 88.1 Å². The number of oxazole rings is 1. The molecular formula is C47H30N2O2. The van der Waals surface area contributed by atoms with Crippen molar-refractivity contribution >= 4 is 60.9 Å². The molecule has 0 saturated carbocycles. The van der Waals surface area contributed by atoms with E-state index in [1.54, 1.807) is 0 Å². The van der Waals surface area contributed by atoms with Crippen molar-refractivity contribution in [3.8, 4) is 33.7 Å². The number of rotatable bonds is 6. The second-order valence-electron chi connectivity index (χ2n) is 12.8. The van der Waals surface area contributed by atoms with E-state index in [-0.39, 0.29) is 0 Å².